The van der Waals surface area contributed by atoms with Gasteiger partial charge in [0.2, 0.25) is 11.9 Å². The van der Waals surface area contributed by atoms with Gasteiger partial charge in [0.1, 0.15) is 17.5 Å². The van der Waals surface area contributed by atoms with Gasteiger partial charge in [-0.05, 0) is 24.3 Å². The number of halogens is 1. The van der Waals surface area contributed by atoms with Crippen LogP contribution in [0.5, 0.6) is 0 Å². The number of H-pyrrole nitrogens is 1. The first kappa shape index (κ1) is 15.9. The number of nitrogens with one attached hydrogen (secondary N) is 2. The number of anilines is 3. The van der Waals surface area contributed by atoms with E-state index in [0.29, 0.717) is 22.2 Å². The lowest BCUT2D eigenvalue weighted by atomic mass is 10.1. The molecule has 0 aliphatic rings. The van der Waals surface area contributed by atoms with E-state index in [4.69, 9.17) is 17.3 Å². The monoisotopic (exact) mass is 361 g/mol. The van der Waals surface area contributed by atoms with Crippen molar-refractivity contribution >= 4 is 40.3 Å². The van der Waals surface area contributed by atoms with Crippen LogP contribution in [0.25, 0.3) is 22.3 Å². The maximum absolute atomic E-state index is 9.42. The number of fused-ring (bicyclic) bond motifs is 1. The maximum Gasteiger partial charge on any atom is 0.232 e. The zero-order valence-electron chi connectivity index (χ0n) is 13.4. The summed E-state index contributed by atoms with van der Waals surface area (Å²) in [6.07, 6.45) is 0. The molecule has 0 atom stereocenters. The van der Waals surface area contributed by atoms with Crippen molar-refractivity contribution in [3.05, 3.63) is 59.1 Å². The van der Waals surface area contributed by atoms with Crippen molar-refractivity contribution < 1.29 is 0 Å². The van der Waals surface area contributed by atoms with Gasteiger partial charge in [0.15, 0.2) is 0 Å². The van der Waals surface area contributed by atoms with Gasteiger partial charge in [-0.1, -0.05) is 35.9 Å². The Labute approximate surface area is 153 Å². The summed E-state index contributed by atoms with van der Waals surface area (Å²) in [4.78, 5) is 16.2. The van der Waals surface area contributed by atoms with E-state index in [1.54, 1.807) is 24.3 Å². The lowest BCUT2D eigenvalue weighted by Crippen LogP contribution is -2.06. The molecule has 4 aromatic rings. The summed E-state index contributed by atoms with van der Waals surface area (Å²) >= 11 is 5.93. The topological polar surface area (TPSA) is 116 Å². The van der Waals surface area contributed by atoms with E-state index >= 15 is 0 Å². The van der Waals surface area contributed by atoms with Crippen LogP contribution in [0.2, 0.25) is 5.02 Å². The number of rotatable bonds is 3. The van der Waals surface area contributed by atoms with Crippen molar-refractivity contribution in [1.82, 2.24) is 19.9 Å². The van der Waals surface area contributed by atoms with Crippen molar-refractivity contribution in [3.8, 4) is 17.3 Å². The third-order valence-electron chi connectivity index (χ3n) is 3.79. The van der Waals surface area contributed by atoms with Gasteiger partial charge in [-0.2, -0.15) is 10.2 Å². The van der Waals surface area contributed by atoms with E-state index in [2.05, 4.69) is 31.3 Å². The summed E-state index contributed by atoms with van der Waals surface area (Å²) in [6, 6.07) is 16.7. The summed E-state index contributed by atoms with van der Waals surface area (Å²) in [5.74, 6) is 0.814. The number of aromatic amines is 1. The van der Waals surface area contributed by atoms with Crippen molar-refractivity contribution in [2.24, 2.45) is 0 Å². The van der Waals surface area contributed by atoms with Crippen LogP contribution in [-0.2, 0) is 0 Å². The average Bonchev–Trinajstić information content (AvgIpc) is 3.04. The van der Waals surface area contributed by atoms with Gasteiger partial charge in [-0.15, -0.1) is 0 Å². The molecule has 26 heavy (non-hydrogen) atoms. The number of imidazole rings is 1. The van der Waals surface area contributed by atoms with E-state index in [9.17, 15) is 5.26 Å². The van der Waals surface area contributed by atoms with Gasteiger partial charge in [0.25, 0.3) is 0 Å². The first-order chi connectivity index (χ1) is 12.6. The van der Waals surface area contributed by atoms with Crippen LogP contribution in [0, 0.1) is 11.3 Å². The van der Waals surface area contributed by atoms with Crippen molar-refractivity contribution in [2.75, 3.05) is 11.1 Å². The fourth-order valence-electron chi connectivity index (χ4n) is 2.58. The fraction of sp³-hybridized carbons (Fsp3) is 0. The standard InChI is InChI=1S/C18H12ClN7/c19-11-7-5-10(6-8-11)15-12(9-20)16(21)25-18(24-15)26-17-22-13-3-1-2-4-14(13)23-17/h1-8H,(H4,21,22,23,24,25,26). The molecule has 0 unspecified atom stereocenters. The molecule has 4 rings (SSSR count). The molecule has 0 spiro atoms. The molecule has 126 valence electrons. The smallest absolute Gasteiger partial charge is 0.232 e. The third kappa shape index (κ3) is 2.90. The van der Waals surface area contributed by atoms with Crippen LogP contribution in [0.15, 0.2) is 48.5 Å². The minimum Gasteiger partial charge on any atom is -0.382 e. The first-order valence-corrected chi connectivity index (χ1v) is 8.07. The highest BCUT2D eigenvalue weighted by atomic mass is 35.5. The Kier molecular flexibility index (Phi) is 3.88. The Morgan fingerprint density at radius 2 is 1.81 bits per heavy atom. The second-order valence-corrected chi connectivity index (χ2v) is 5.94. The number of aromatic nitrogens is 4. The fourth-order valence-corrected chi connectivity index (χ4v) is 2.70. The average molecular weight is 362 g/mol. The molecule has 0 saturated heterocycles. The number of hydrogen-bond acceptors (Lipinski definition) is 6. The Balaban J connectivity index is 1.77. The molecule has 2 aromatic heterocycles. The molecule has 0 radical (unpaired) electrons. The molecular formula is C18H12ClN7. The number of para-hydroxylation sites is 2. The predicted molar refractivity (Wildman–Crippen MR) is 101 cm³/mol. The highest BCUT2D eigenvalue weighted by molar-refractivity contribution is 6.30. The van der Waals surface area contributed by atoms with Crippen LogP contribution >= 0.6 is 11.6 Å². The van der Waals surface area contributed by atoms with Gasteiger partial charge < -0.3 is 10.7 Å². The van der Waals surface area contributed by atoms with Crippen molar-refractivity contribution in [1.29, 1.82) is 5.26 Å². The Morgan fingerprint density at radius 1 is 1.04 bits per heavy atom. The van der Waals surface area contributed by atoms with Gasteiger partial charge in [-0.25, -0.2) is 9.97 Å². The van der Waals surface area contributed by atoms with E-state index in [0.717, 1.165) is 11.0 Å². The minimum atomic E-state index is 0.0889. The molecule has 0 fully saturated rings. The molecule has 2 aromatic carbocycles. The van der Waals surface area contributed by atoms with E-state index in [-0.39, 0.29) is 17.3 Å². The summed E-state index contributed by atoms with van der Waals surface area (Å²) in [5.41, 5.74) is 9.01. The van der Waals surface area contributed by atoms with Crippen molar-refractivity contribution in [3.63, 3.8) is 0 Å². The molecule has 4 N–H and O–H groups in total. The lowest BCUT2D eigenvalue weighted by Gasteiger charge is -2.09. The molecule has 0 aliphatic carbocycles. The lowest BCUT2D eigenvalue weighted by molar-refractivity contribution is 1.14. The quantitative estimate of drug-likeness (QED) is 0.510. The highest BCUT2D eigenvalue weighted by Gasteiger charge is 2.15. The van der Waals surface area contributed by atoms with E-state index in [1.165, 1.54) is 0 Å². The number of nitrogens with two attached hydrogens (primary N) is 1. The second-order valence-electron chi connectivity index (χ2n) is 5.50. The van der Waals surface area contributed by atoms with Gasteiger partial charge in [0, 0.05) is 10.6 Å². The first-order valence-electron chi connectivity index (χ1n) is 7.69. The van der Waals surface area contributed by atoms with E-state index in [1.807, 2.05) is 24.3 Å². The van der Waals surface area contributed by atoms with Crippen LogP contribution < -0.4 is 11.1 Å². The molecule has 0 saturated carbocycles. The number of nitrogen functional groups attached to an aromatic ring is 1. The van der Waals surface area contributed by atoms with Crippen LogP contribution in [0.4, 0.5) is 17.7 Å². The van der Waals surface area contributed by atoms with Gasteiger partial charge >= 0.3 is 0 Å². The number of benzene rings is 2. The third-order valence-corrected chi connectivity index (χ3v) is 4.04. The largest absolute Gasteiger partial charge is 0.382 e. The summed E-state index contributed by atoms with van der Waals surface area (Å²) in [5, 5.41) is 13.0. The number of hydrogen-bond donors (Lipinski definition) is 3. The van der Waals surface area contributed by atoms with E-state index < -0.39 is 0 Å². The SMILES string of the molecule is N#Cc1c(N)nc(Nc2nc3ccccc3[nH]2)nc1-c1ccc(Cl)cc1. The van der Waals surface area contributed by atoms with Gasteiger partial charge in [-0.3, -0.25) is 5.32 Å². The number of nitriles is 1. The number of nitrogens with zero attached hydrogens (tertiary/aromatic N) is 4. The molecule has 2 heterocycles. The zero-order chi connectivity index (χ0) is 18.1. The molecular weight excluding hydrogens is 350 g/mol. The van der Waals surface area contributed by atoms with Crippen LogP contribution in [0.3, 0.4) is 0 Å². The maximum atomic E-state index is 9.42. The highest BCUT2D eigenvalue weighted by Crippen LogP contribution is 2.28. The second kappa shape index (κ2) is 6.35. The molecule has 0 amide bonds. The van der Waals surface area contributed by atoms with Crippen LogP contribution in [-0.4, -0.2) is 19.9 Å². The van der Waals surface area contributed by atoms with Crippen LogP contribution in [0.1, 0.15) is 5.56 Å². The Morgan fingerprint density at radius 3 is 2.54 bits per heavy atom. The molecule has 8 heteroatoms. The summed E-state index contributed by atoms with van der Waals surface area (Å²) in [6.45, 7) is 0. The predicted octanol–water partition coefficient (Wildman–Crippen LogP) is 3.87. The zero-order valence-corrected chi connectivity index (χ0v) is 14.1. The minimum absolute atomic E-state index is 0.0889. The summed E-state index contributed by atoms with van der Waals surface area (Å²) in [7, 11) is 0. The van der Waals surface area contributed by atoms with Crippen molar-refractivity contribution in [2.45, 2.75) is 0 Å². The molecule has 7 nitrogen and oxygen atoms in total. The molecule has 0 aliphatic heterocycles. The van der Waals surface area contributed by atoms with Gasteiger partial charge in [0.05, 0.1) is 16.7 Å². The molecule has 0 bridgehead atoms. The Bertz CT molecular complexity index is 1110. The normalized spacial score (nSPS) is 10.6. The Hall–Kier alpha value is -3.63. The summed E-state index contributed by atoms with van der Waals surface area (Å²) < 4.78 is 0.